The van der Waals surface area contributed by atoms with Gasteiger partial charge in [0.05, 0.1) is 16.8 Å². The van der Waals surface area contributed by atoms with Crippen LogP contribution in [0.25, 0.3) is 0 Å². The molecule has 100 valence electrons. The van der Waals surface area contributed by atoms with Crippen molar-refractivity contribution in [2.45, 2.75) is 12.5 Å². The number of nitrogens with zero attached hydrogens (tertiary/aromatic N) is 1. The number of rotatable bonds is 4. The zero-order chi connectivity index (χ0) is 13.8. The third-order valence-corrected chi connectivity index (χ3v) is 3.71. The summed E-state index contributed by atoms with van der Waals surface area (Å²) in [5.41, 5.74) is 1.35. The molecule has 2 aromatic rings. The summed E-state index contributed by atoms with van der Waals surface area (Å²) < 4.78 is 14.6. The van der Waals surface area contributed by atoms with Crippen LogP contribution in [0.3, 0.4) is 0 Å². The molecule has 2 rings (SSSR count). The van der Waals surface area contributed by atoms with Crippen molar-refractivity contribution < 1.29 is 4.39 Å². The largest absolute Gasteiger partial charge is 0.311 e. The Bertz CT molecular complexity index is 577. The average molecular weight is 344 g/mol. The van der Waals surface area contributed by atoms with Crippen molar-refractivity contribution in [3.63, 3.8) is 0 Å². The van der Waals surface area contributed by atoms with Gasteiger partial charge in [-0.1, -0.05) is 27.5 Å². The third kappa shape index (κ3) is 3.53. The van der Waals surface area contributed by atoms with E-state index in [-0.39, 0.29) is 11.9 Å². The van der Waals surface area contributed by atoms with Gasteiger partial charge in [0, 0.05) is 10.7 Å². The number of likely N-dealkylation sites (N-methyl/N-ethyl adjacent to an activating group) is 1. The van der Waals surface area contributed by atoms with E-state index in [1.807, 2.05) is 7.05 Å². The summed E-state index contributed by atoms with van der Waals surface area (Å²) in [5.74, 6) is -0.226. The van der Waals surface area contributed by atoms with Gasteiger partial charge in [-0.25, -0.2) is 4.39 Å². The first-order valence-electron chi connectivity index (χ1n) is 5.83. The topological polar surface area (TPSA) is 24.9 Å². The summed E-state index contributed by atoms with van der Waals surface area (Å²) in [6, 6.07) is 8.34. The molecule has 1 aromatic heterocycles. The lowest BCUT2D eigenvalue weighted by molar-refractivity contribution is 0.545. The molecule has 1 atom stereocenters. The van der Waals surface area contributed by atoms with Crippen molar-refractivity contribution in [2.75, 3.05) is 7.05 Å². The van der Waals surface area contributed by atoms with Gasteiger partial charge in [0.2, 0.25) is 0 Å². The lowest BCUT2D eigenvalue weighted by atomic mass is 10.0. The van der Waals surface area contributed by atoms with Gasteiger partial charge in [-0.3, -0.25) is 4.98 Å². The summed E-state index contributed by atoms with van der Waals surface area (Å²) in [6.07, 6.45) is 2.17. The molecule has 0 fully saturated rings. The second-order valence-corrected chi connectivity index (χ2v) is 5.47. The molecule has 1 aromatic carbocycles. The van der Waals surface area contributed by atoms with Crippen LogP contribution in [-0.4, -0.2) is 12.0 Å². The van der Waals surface area contributed by atoms with E-state index in [0.29, 0.717) is 17.0 Å². The Kier molecular flexibility index (Phi) is 4.91. The van der Waals surface area contributed by atoms with Crippen LogP contribution in [0.4, 0.5) is 4.39 Å². The summed E-state index contributed by atoms with van der Waals surface area (Å²) >= 11 is 9.48. The Morgan fingerprint density at radius 1 is 1.42 bits per heavy atom. The molecule has 0 bridgehead atoms. The number of benzene rings is 1. The van der Waals surface area contributed by atoms with Crippen LogP contribution in [-0.2, 0) is 6.42 Å². The van der Waals surface area contributed by atoms with E-state index in [9.17, 15) is 4.39 Å². The van der Waals surface area contributed by atoms with Crippen molar-refractivity contribution in [3.05, 3.63) is 63.1 Å². The van der Waals surface area contributed by atoms with E-state index in [4.69, 9.17) is 11.6 Å². The molecule has 2 nitrogen and oxygen atoms in total. The van der Waals surface area contributed by atoms with Crippen molar-refractivity contribution >= 4 is 27.5 Å². The molecule has 0 aliphatic heterocycles. The number of halogens is 3. The Morgan fingerprint density at radius 3 is 2.89 bits per heavy atom. The van der Waals surface area contributed by atoms with Crippen LogP contribution in [0.1, 0.15) is 17.3 Å². The minimum atomic E-state index is -0.226. The Balaban J connectivity index is 2.29. The van der Waals surface area contributed by atoms with Crippen molar-refractivity contribution in [2.24, 2.45) is 0 Å². The molecule has 1 unspecified atom stereocenters. The van der Waals surface area contributed by atoms with Crippen LogP contribution in [0.15, 0.2) is 41.0 Å². The maximum Gasteiger partial charge on any atom is 0.126 e. The zero-order valence-electron chi connectivity index (χ0n) is 10.3. The predicted octanol–water partition coefficient (Wildman–Crippen LogP) is 4.14. The van der Waals surface area contributed by atoms with Crippen LogP contribution < -0.4 is 5.32 Å². The first-order chi connectivity index (χ1) is 9.11. The van der Waals surface area contributed by atoms with Gasteiger partial charge in [-0.05, 0) is 49.4 Å². The van der Waals surface area contributed by atoms with E-state index in [2.05, 4.69) is 26.2 Å². The highest BCUT2D eigenvalue weighted by molar-refractivity contribution is 9.10. The number of hydrogen-bond acceptors (Lipinski definition) is 2. The molecule has 1 N–H and O–H groups in total. The fourth-order valence-corrected chi connectivity index (χ4v) is 2.57. The number of aromatic nitrogens is 1. The standard InChI is InChI=1S/C14H13BrClFN2/c1-18-13(14-11(16)3-2-6-19-14)8-9-7-10(15)4-5-12(9)17/h2-7,13,18H,8H2,1H3. The van der Waals surface area contributed by atoms with Gasteiger partial charge in [-0.15, -0.1) is 0 Å². The smallest absolute Gasteiger partial charge is 0.126 e. The molecule has 0 aliphatic carbocycles. The first kappa shape index (κ1) is 14.4. The minimum Gasteiger partial charge on any atom is -0.311 e. The lowest BCUT2D eigenvalue weighted by Gasteiger charge is -2.17. The van der Waals surface area contributed by atoms with E-state index < -0.39 is 0 Å². The van der Waals surface area contributed by atoms with Crippen LogP contribution in [0, 0.1) is 5.82 Å². The molecule has 0 spiro atoms. The maximum atomic E-state index is 13.8. The fraction of sp³-hybridized carbons (Fsp3) is 0.214. The molecule has 19 heavy (non-hydrogen) atoms. The average Bonchev–Trinajstić information content (AvgIpc) is 2.41. The summed E-state index contributed by atoms with van der Waals surface area (Å²) in [7, 11) is 1.81. The van der Waals surface area contributed by atoms with Crippen molar-refractivity contribution in [1.82, 2.24) is 10.3 Å². The van der Waals surface area contributed by atoms with Crippen molar-refractivity contribution in [1.29, 1.82) is 0 Å². The minimum absolute atomic E-state index is 0.127. The monoisotopic (exact) mass is 342 g/mol. The highest BCUT2D eigenvalue weighted by atomic mass is 79.9. The first-order valence-corrected chi connectivity index (χ1v) is 7.00. The van der Waals surface area contributed by atoms with Crippen LogP contribution >= 0.6 is 27.5 Å². The van der Waals surface area contributed by atoms with Crippen molar-refractivity contribution in [3.8, 4) is 0 Å². The van der Waals surface area contributed by atoms with E-state index in [1.165, 1.54) is 6.07 Å². The van der Waals surface area contributed by atoms with E-state index in [1.54, 1.807) is 30.5 Å². The zero-order valence-corrected chi connectivity index (χ0v) is 12.7. The van der Waals surface area contributed by atoms with Gasteiger partial charge in [-0.2, -0.15) is 0 Å². The van der Waals surface area contributed by atoms with Gasteiger partial charge < -0.3 is 5.32 Å². The van der Waals surface area contributed by atoms with E-state index in [0.717, 1.165) is 10.2 Å². The number of nitrogens with one attached hydrogen (secondary N) is 1. The van der Waals surface area contributed by atoms with Gasteiger partial charge in [0.1, 0.15) is 5.82 Å². The quantitative estimate of drug-likeness (QED) is 0.902. The summed E-state index contributed by atoms with van der Waals surface area (Å²) in [6.45, 7) is 0. The summed E-state index contributed by atoms with van der Waals surface area (Å²) in [4.78, 5) is 4.27. The number of pyridine rings is 1. The highest BCUT2D eigenvalue weighted by Gasteiger charge is 2.16. The van der Waals surface area contributed by atoms with Gasteiger partial charge >= 0.3 is 0 Å². The number of hydrogen-bond donors (Lipinski definition) is 1. The molecular formula is C14H13BrClFN2. The second kappa shape index (κ2) is 6.46. The molecule has 0 saturated heterocycles. The lowest BCUT2D eigenvalue weighted by Crippen LogP contribution is -2.21. The Hall–Kier alpha value is -0.970. The molecule has 0 saturated carbocycles. The second-order valence-electron chi connectivity index (χ2n) is 4.15. The SMILES string of the molecule is CNC(Cc1cc(Br)ccc1F)c1ncccc1Cl. The van der Waals surface area contributed by atoms with Gasteiger partial charge in [0.15, 0.2) is 0 Å². The molecule has 5 heteroatoms. The third-order valence-electron chi connectivity index (χ3n) is 2.90. The maximum absolute atomic E-state index is 13.8. The fourth-order valence-electron chi connectivity index (χ4n) is 1.91. The molecule has 0 amide bonds. The molecular weight excluding hydrogens is 331 g/mol. The normalized spacial score (nSPS) is 12.4. The van der Waals surface area contributed by atoms with E-state index >= 15 is 0 Å². The Morgan fingerprint density at radius 2 is 2.21 bits per heavy atom. The molecule has 0 radical (unpaired) electrons. The summed E-state index contributed by atoms with van der Waals surface area (Å²) in [5, 5.41) is 3.71. The molecule has 0 aliphatic rings. The highest BCUT2D eigenvalue weighted by Crippen LogP contribution is 2.25. The van der Waals surface area contributed by atoms with Crippen LogP contribution in [0.5, 0.6) is 0 Å². The van der Waals surface area contributed by atoms with Gasteiger partial charge in [0.25, 0.3) is 0 Å². The van der Waals surface area contributed by atoms with Crippen LogP contribution in [0.2, 0.25) is 5.02 Å². The Labute approximate surface area is 125 Å². The molecule has 1 heterocycles. The predicted molar refractivity (Wildman–Crippen MR) is 78.9 cm³/mol.